The summed E-state index contributed by atoms with van der Waals surface area (Å²) < 4.78 is 38.2. The molecular formula is C50H59Cl2FN8O9S. The number of rotatable bonds is 20. The van der Waals surface area contributed by atoms with E-state index in [1.54, 1.807) is 33.9 Å². The second-order valence-corrected chi connectivity index (χ2v) is 20.1. The van der Waals surface area contributed by atoms with Crippen molar-refractivity contribution >= 4 is 80.6 Å². The predicted molar refractivity (Wildman–Crippen MR) is 269 cm³/mol. The summed E-state index contributed by atoms with van der Waals surface area (Å²) in [6.07, 6.45) is 1.66. The third-order valence-corrected chi connectivity index (χ3v) is 14.1. The Labute approximate surface area is 425 Å². The normalized spacial score (nSPS) is 16.7. The molecule has 0 saturated carbocycles. The van der Waals surface area contributed by atoms with Crippen molar-refractivity contribution in [3.8, 4) is 21.9 Å². The molecule has 21 heteroatoms. The van der Waals surface area contributed by atoms with E-state index in [1.807, 2.05) is 52.0 Å². The number of aromatic nitrogens is 3. The first kappa shape index (κ1) is 53.1. The lowest BCUT2D eigenvalue weighted by Crippen LogP contribution is -2.57. The minimum absolute atomic E-state index is 0.0204. The molecule has 0 aliphatic carbocycles. The fourth-order valence-corrected chi connectivity index (χ4v) is 9.51. The van der Waals surface area contributed by atoms with Gasteiger partial charge in [-0.1, -0.05) is 68.2 Å². The molecule has 71 heavy (non-hydrogen) atoms. The number of nitrogens with zero attached hydrogens (tertiary/aromatic N) is 5. The predicted octanol–water partition coefficient (Wildman–Crippen LogP) is 7.25. The summed E-state index contributed by atoms with van der Waals surface area (Å²) in [5.74, 6) is -0.754. The van der Waals surface area contributed by atoms with Crippen molar-refractivity contribution < 1.29 is 47.6 Å². The molecule has 0 spiro atoms. The maximum atomic E-state index is 14.9. The summed E-state index contributed by atoms with van der Waals surface area (Å²) in [5, 5.41) is 19.8. The van der Waals surface area contributed by atoms with Gasteiger partial charge in [-0.05, 0) is 41.7 Å². The maximum Gasteiger partial charge on any atom is 0.246 e. The van der Waals surface area contributed by atoms with Gasteiger partial charge in [0.2, 0.25) is 23.6 Å². The van der Waals surface area contributed by atoms with Gasteiger partial charge in [-0.15, -0.1) is 11.3 Å². The summed E-state index contributed by atoms with van der Waals surface area (Å²) >= 11 is 13.6. The number of aliphatic hydroxyl groups excluding tert-OH is 1. The molecule has 3 atom stereocenters. The largest absolute Gasteiger partial charge is 0.493 e. The average Bonchev–Trinajstić information content (AvgIpc) is 3.98. The quantitative estimate of drug-likeness (QED) is 0.0448. The van der Waals surface area contributed by atoms with Gasteiger partial charge in [-0.3, -0.25) is 19.2 Å². The van der Waals surface area contributed by atoms with Crippen molar-refractivity contribution in [3.63, 3.8) is 0 Å². The Morgan fingerprint density at radius 1 is 0.944 bits per heavy atom. The van der Waals surface area contributed by atoms with Crippen molar-refractivity contribution in [3.05, 3.63) is 87.5 Å². The van der Waals surface area contributed by atoms with Crippen LogP contribution in [0.2, 0.25) is 10.0 Å². The van der Waals surface area contributed by atoms with Gasteiger partial charge in [-0.2, -0.15) is 0 Å². The Morgan fingerprint density at radius 3 is 2.34 bits per heavy atom. The summed E-state index contributed by atoms with van der Waals surface area (Å²) in [6.45, 7) is 9.30. The number of carbonyl (C=O) groups is 4. The number of β-amino-alcohol motifs (C(OH)–C–C–N with tert-alkyl or cyclic N) is 1. The number of halogens is 3. The molecule has 4 amide bonds. The number of methoxy groups -OCH3 is 1. The highest BCUT2D eigenvalue weighted by molar-refractivity contribution is 7.13. The van der Waals surface area contributed by atoms with Crippen LogP contribution in [0.5, 0.6) is 11.5 Å². The highest BCUT2D eigenvalue weighted by Gasteiger charge is 2.44. The Balaban J connectivity index is 0.793. The first-order valence-electron chi connectivity index (χ1n) is 23.4. The fourth-order valence-electron chi connectivity index (χ4n) is 8.39. The van der Waals surface area contributed by atoms with Crippen LogP contribution >= 0.6 is 34.5 Å². The number of amides is 4. The van der Waals surface area contributed by atoms with Crippen LogP contribution in [0.1, 0.15) is 64.1 Å². The van der Waals surface area contributed by atoms with Crippen LogP contribution in [0, 0.1) is 18.2 Å². The molecule has 2 aliphatic heterocycles. The molecule has 17 nitrogen and oxygen atoms in total. The molecule has 0 unspecified atom stereocenters. The van der Waals surface area contributed by atoms with Crippen molar-refractivity contribution in [2.45, 2.75) is 90.6 Å². The SMILES string of the molecule is COc1cc2ncnc(Nc3ccc(Cl)c(Cl)c3F)c2cc1OC1CCN(C(=O)CCOCCOCCC(=O)N[C@H](C(=O)N2C[C@H](O)C[C@H]2C(=O)NCc2ccc(-c3scnc3C)cc2)C(C)(C)C)CC1. The number of hydrogen-bond acceptors (Lipinski definition) is 14. The number of piperidine rings is 1. The molecule has 4 heterocycles. The molecule has 5 aromatic rings. The number of likely N-dealkylation sites (tertiary alicyclic amines) is 2. The minimum Gasteiger partial charge on any atom is -0.493 e. The standard InChI is InChI=1S/C50H59Cl2FN8O9S/c1-29-45(71-28-57-29)31-8-6-30(7-9-31)25-54-48(65)38-22-32(62)26-61(38)49(66)46(50(2,3)4)59-41(63)14-18-68-20-21-69-19-15-42(64)60-16-12-33(13-17-60)70-40-23-34-37(24-39(40)67-5)55-27-56-47(34)58-36-11-10-35(51)43(52)44(36)53/h6-11,23-24,27-28,32-33,38,46,62H,12-22,25-26H2,1-5H3,(H,54,65)(H,59,63)(H,55,56,58)/t32-,38+,46-/m1/s1. The Kier molecular flexibility index (Phi) is 18.1. The molecule has 0 radical (unpaired) electrons. The molecular weight excluding hydrogens is 979 g/mol. The number of ether oxygens (including phenoxy) is 4. The highest BCUT2D eigenvalue weighted by Crippen LogP contribution is 2.38. The topological polar surface area (TPSA) is 207 Å². The third-order valence-electron chi connectivity index (χ3n) is 12.3. The van der Waals surface area contributed by atoms with Gasteiger partial charge in [-0.25, -0.2) is 19.3 Å². The number of carbonyl (C=O) groups excluding carboxylic acids is 4. The molecule has 2 aliphatic rings. The Morgan fingerprint density at radius 2 is 1.66 bits per heavy atom. The molecule has 7 rings (SSSR count). The lowest BCUT2D eigenvalue weighted by atomic mass is 9.85. The van der Waals surface area contributed by atoms with Gasteiger partial charge in [0.05, 0.1) is 83.4 Å². The number of hydrogen-bond donors (Lipinski definition) is 4. The van der Waals surface area contributed by atoms with Crippen LogP contribution in [0.4, 0.5) is 15.9 Å². The van der Waals surface area contributed by atoms with Crippen molar-refractivity contribution in [1.82, 2.24) is 35.4 Å². The van der Waals surface area contributed by atoms with E-state index in [9.17, 15) is 28.7 Å². The van der Waals surface area contributed by atoms with E-state index in [4.69, 9.17) is 42.1 Å². The number of anilines is 2. The van der Waals surface area contributed by atoms with Crippen molar-refractivity contribution in [2.75, 3.05) is 58.5 Å². The molecule has 0 bridgehead atoms. The van der Waals surface area contributed by atoms with Crippen LogP contribution in [0.15, 0.2) is 60.4 Å². The Bertz CT molecular complexity index is 2680. The molecule has 2 aromatic heterocycles. The number of nitrogens with one attached hydrogen (secondary N) is 3. The summed E-state index contributed by atoms with van der Waals surface area (Å²) in [7, 11) is 1.53. The van der Waals surface area contributed by atoms with Gasteiger partial charge in [0.25, 0.3) is 0 Å². The van der Waals surface area contributed by atoms with E-state index < -0.39 is 41.2 Å². The molecule has 380 valence electrons. The maximum absolute atomic E-state index is 14.9. The third kappa shape index (κ3) is 13.6. The second kappa shape index (κ2) is 24.1. The van der Waals surface area contributed by atoms with E-state index in [0.717, 1.165) is 21.7 Å². The van der Waals surface area contributed by atoms with Crippen LogP contribution < -0.4 is 25.4 Å². The van der Waals surface area contributed by atoms with Gasteiger partial charge >= 0.3 is 0 Å². The van der Waals surface area contributed by atoms with Crippen LogP contribution in [-0.4, -0.2) is 131 Å². The monoisotopic (exact) mass is 1040 g/mol. The number of benzene rings is 3. The average molecular weight is 1040 g/mol. The molecule has 2 fully saturated rings. The summed E-state index contributed by atoms with van der Waals surface area (Å²) in [6, 6.07) is 12.4. The minimum atomic E-state index is -0.963. The zero-order chi connectivity index (χ0) is 50.8. The van der Waals surface area contributed by atoms with Crippen LogP contribution in [-0.2, 0) is 35.2 Å². The van der Waals surface area contributed by atoms with E-state index in [1.165, 1.54) is 30.5 Å². The number of aryl methyl sites for hydroxylation is 1. The van der Waals surface area contributed by atoms with Crippen molar-refractivity contribution in [1.29, 1.82) is 0 Å². The molecule has 3 aromatic carbocycles. The molecule has 2 saturated heterocycles. The van der Waals surface area contributed by atoms with Gasteiger partial charge in [0, 0.05) is 63.3 Å². The lowest BCUT2D eigenvalue weighted by Gasteiger charge is -2.35. The summed E-state index contributed by atoms with van der Waals surface area (Å²) in [5.41, 5.74) is 4.61. The number of fused-ring (bicyclic) bond motifs is 1. The number of aliphatic hydroxyl groups is 1. The number of thiazole rings is 1. The lowest BCUT2D eigenvalue weighted by molar-refractivity contribution is -0.144. The van der Waals surface area contributed by atoms with Gasteiger partial charge in [0.15, 0.2) is 17.3 Å². The first-order valence-corrected chi connectivity index (χ1v) is 25.0. The van der Waals surface area contributed by atoms with Gasteiger partial charge in [0.1, 0.15) is 30.3 Å². The van der Waals surface area contributed by atoms with E-state index in [-0.39, 0.29) is 92.4 Å². The highest BCUT2D eigenvalue weighted by atomic mass is 35.5. The van der Waals surface area contributed by atoms with Crippen LogP contribution in [0.3, 0.4) is 0 Å². The molecule has 4 N–H and O–H groups in total. The zero-order valence-corrected chi connectivity index (χ0v) is 42.6. The van der Waals surface area contributed by atoms with Gasteiger partial charge < -0.3 is 49.8 Å². The van der Waals surface area contributed by atoms with Crippen LogP contribution in [0.25, 0.3) is 21.3 Å². The Hall–Kier alpha value is -5.70. The smallest absolute Gasteiger partial charge is 0.246 e. The van der Waals surface area contributed by atoms with E-state index in [2.05, 4.69) is 30.9 Å². The zero-order valence-electron chi connectivity index (χ0n) is 40.3. The fraction of sp³-hybridized carbons (Fsp3) is 0.460. The van der Waals surface area contributed by atoms with E-state index in [0.29, 0.717) is 54.2 Å². The summed E-state index contributed by atoms with van der Waals surface area (Å²) in [4.78, 5) is 70.8. The first-order chi connectivity index (χ1) is 34.0. The van der Waals surface area contributed by atoms with E-state index >= 15 is 0 Å². The van der Waals surface area contributed by atoms with Crippen molar-refractivity contribution in [2.24, 2.45) is 5.41 Å². The second-order valence-electron chi connectivity index (χ2n) is 18.5.